The van der Waals surface area contributed by atoms with E-state index in [0.717, 1.165) is 16.2 Å². The molecule has 1 N–H and O–H groups in total. The molecule has 1 aliphatic rings. The van der Waals surface area contributed by atoms with Crippen molar-refractivity contribution in [3.05, 3.63) is 60.2 Å². The molecule has 6 nitrogen and oxygen atoms in total. The van der Waals surface area contributed by atoms with Crippen LogP contribution in [-0.4, -0.2) is 47.7 Å². The number of hydrogen-bond donors (Lipinski definition) is 1. The highest BCUT2D eigenvalue weighted by atomic mass is 16.5. The Balaban J connectivity index is 1.53. The number of imide groups is 1. The summed E-state index contributed by atoms with van der Waals surface area (Å²) < 4.78 is 10.9. The highest BCUT2D eigenvalue weighted by Crippen LogP contribution is 2.29. The van der Waals surface area contributed by atoms with Crippen molar-refractivity contribution in [1.29, 1.82) is 0 Å². The lowest BCUT2D eigenvalue weighted by Gasteiger charge is -2.19. The molecule has 0 radical (unpaired) electrons. The van der Waals surface area contributed by atoms with E-state index in [1.165, 1.54) is 0 Å². The smallest absolute Gasteiger partial charge is 0.237 e. The minimum atomic E-state index is -0.959. The maximum absolute atomic E-state index is 12.6. The number of benzene rings is 2. The van der Waals surface area contributed by atoms with Crippen LogP contribution in [0, 0.1) is 0 Å². The van der Waals surface area contributed by atoms with Gasteiger partial charge in [-0.25, -0.2) is 0 Å². The molecule has 0 bridgehead atoms. The van der Waals surface area contributed by atoms with Gasteiger partial charge in [-0.05, 0) is 36.8 Å². The number of ether oxygens (including phenoxy) is 2. The number of carbonyl (C=O) groups excluding carboxylic acids is 2. The second-order valence-corrected chi connectivity index (χ2v) is 6.38. The number of aliphatic hydroxyl groups is 1. The van der Waals surface area contributed by atoms with Crippen LogP contribution in [0.15, 0.2) is 54.6 Å². The van der Waals surface area contributed by atoms with E-state index in [0.29, 0.717) is 12.4 Å². The minimum Gasteiger partial charge on any atom is -0.494 e. The first-order chi connectivity index (χ1) is 13.1. The standard InChI is InChI=1S/C21H23NO5/c1-2-26-17-8-10-18(11-9-17)27-14-16(23)13-22-20(24)12-19(21(22)25)15-6-4-3-5-7-15/h3-11,16,19,23H,2,12-14H2,1H3/t16-,19+/m0/s1. The average Bonchev–Trinajstić information content (AvgIpc) is 2.96. The highest BCUT2D eigenvalue weighted by molar-refractivity contribution is 6.06. The first-order valence-corrected chi connectivity index (χ1v) is 9.01. The molecule has 2 atom stereocenters. The number of β-amino-alcohol motifs (C(OH)–C–C–N with tert-alkyl or cyclic N) is 1. The van der Waals surface area contributed by atoms with Crippen LogP contribution in [0.3, 0.4) is 0 Å². The van der Waals surface area contributed by atoms with Crippen LogP contribution in [0.1, 0.15) is 24.8 Å². The van der Waals surface area contributed by atoms with Gasteiger partial charge in [0.15, 0.2) is 0 Å². The minimum absolute atomic E-state index is 0.0129. The summed E-state index contributed by atoms with van der Waals surface area (Å²) in [5, 5.41) is 10.2. The first kappa shape index (κ1) is 18.9. The molecular weight excluding hydrogens is 346 g/mol. The van der Waals surface area contributed by atoms with E-state index in [2.05, 4.69) is 0 Å². The zero-order valence-corrected chi connectivity index (χ0v) is 15.2. The van der Waals surface area contributed by atoms with E-state index in [1.54, 1.807) is 24.3 Å². The molecule has 0 unspecified atom stereocenters. The quantitative estimate of drug-likeness (QED) is 0.723. The van der Waals surface area contributed by atoms with Gasteiger partial charge in [0, 0.05) is 6.42 Å². The summed E-state index contributed by atoms with van der Waals surface area (Å²) in [7, 11) is 0. The fourth-order valence-electron chi connectivity index (χ4n) is 3.08. The van der Waals surface area contributed by atoms with Gasteiger partial charge >= 0.3 is 0 Å². The number of hydrogen-bond acceptors (Lipinski definition) is 5. The van der Waals surface area contributed by atoms with Crippen molar-refractivity contribution in [3.63, 3.8) is 0 Å². The van der Waals surface area contributed by atoms with Crippen molar-refractivity contribution in [2.24, 2.45) is 0 Å². The third kappa shape index (κ3) is 4.65. The molecule has 0 aliphatic carbocycles. The monoisotopic (exact) mass is 369 g/mol. The van der Waals surface area contributed by atoms with E-state index in [9.17, 15) is 14.7 Å². The summed E-state index contributed by atoms with van der Waals surface area (Å²) in [6, 6.07) is 16.3. The van der Waals surface area contributed by atoms with Crippen molar-refractivity contribution in [1.82, 2.24) is 4.90 Å². The summed E-state index contributed by atoms with van der Waals surface area (Å²) in [6.45, 7) is 2.41. The molecule has 142 valence electrons. The van der Waals surface area contributed by atoms with Crippen LogP contribution in [0.2, 0.25) is 0 Å². The summed E-state index contributed by atoms with van der Waals surface area (Å²) in [5.74, 6) is 0.308. The maximum Gasteiger partial charge on any atom is 0.237 e. The van der Waals surface area contributed by atoms with E-state index < -0.39 is 12.0 Å². The predicted octanol–water partition coefficient (Wildman–Crippen LogP) is 2.37. The Labute approximate surface area is 158 Å². The molecule has 2 aromatic rings. The van der Waals surface area contributed by atoms with Crippen molar-refractivity contribution in [2.45, 2.75) is 25.4 Å². The number of carbonyl (C=O) groups is 2. The van der Waals surface area contributed by atoms with Crippen LogP contribution in [0.25, 0.3) is 0 Å². The summed E-state index contributed by atoms with van der Waals surface area (Å²) >= 11 is 0. The van der Waals surface area contributed by atoms with Crippen LogP contribution in [-0.2, 0) is 9.59 Å². The third-order valence-electron chi connectivity index (χ3n) is 4.42. The Hall–Kier alpha value is -2.86. The van der Waals surface area contributed by atoms with Gasteiger partial charge in [0.2, 0.25) is 11.8 Å². The van der Waals surface area contributed by atoms with Gasteiger partial charge in [-0.15, -0.1) is 0 Å². The average molecular weight is 369 g/mol. The first-order valence-electron chi connectivity index (χ1n) is 9.01. The lowest BCUT2D eigenvalue weighted by atomic mass is 9.98. The molecule has 1 heterocycles. The Morgan fingerprint density at radius 3 is 2.30 bits per heavy atom. The molecule has 2 amide bonds. The van der Waals surface area contributed by atoms with Crippen molar-refractivity contribution in [2.75, 3.05) is 19.8 Å². The molecule has 1 aliphatic heterocycles. The van der Waals surface area contributed by atoms with Crippen LogP contribution >= 0.6 is 0 Å². The summed E-state index contributed by atoms with van der Waals surface area (Å²) in [4.78, 5) is 25.9. The molecular formula is C21H23NO5. The second kappa shape index (κ2) is 8.68. The zero-order valence-electron chi connectivity index (χ0n) is 15.2. The van der Waals surface area contributed by atoms with E-state index in [-0.39, 0.29) is 31.4 Å². The van der Waals surface area contributed by atoms with E-state index in [1.807, 2.05) is 37.3 Å². The Bertz CT molecular complexity index is 775. The predicted molar refractivity (Wildman–Crippen MR) is 99.6 cm³/mol. The molecule has 0 aromatic heterocycles. The van der Waals surface area contributed by atoms with Gasteiger partial charge in [-0.3, -0.25) is 14.5 Å². The molecule has 6 heteroatoms. The van der Waals surface area contributed by atoms with Crippen LogP contribution < -0.4 is 9.47 Å². The second-order valence-electron chi connectivity index (χ2n) is 6.38. The molecule has 2 aromatic carbocycles. The van der Waals surface area contributed by atoms with Crippen molar-refractivity contribution < 1.29 is 24.2 Å². The molecule has 27 heavy (non-hydrogen) atoms. The maximum atomic E-state index is 12.6. The SMILES string of the molecule is CCOc1ccc(OC[C@@H](O)CN2C(=O)C[C@H](c3ccccc3)C2=O)cc1. The molecule has 1 fully saturated rings. The lowest BCUT2D eigenvalue weighted by molar-refractivity contribution is -0.140. The fourth-order valence-corrected chi connectivity index (χ4v) is 3.08. The van der Waals surface area contributed by atoms with Crippen molar-refractivity contribution >= 4 is 11.8 Å². The van der Waals surface area contributed by atoms with Gasteiger partial charge in [0.25, 0.3) is 0 Å². The van der Waals surface area contributed by atoms with Crippen molar-refractivity contribution in [3.8, 4) is 11.5 Å². The number of nitrogens with zero attached hydrogens (tertiary/aromatic N) is 1. The van der Waals surface area contributed by atoms with Gasteiger partial charge in [-0.1, -0.05) is 30.3 Å². The van der Waals surface area contributed by atoms with Gasteiger partial charge in [0.05, 0.1) is 19.1 Å². The topological polar surface area (TPSA) is 76.1 Å². The molecule has 3 rings (SSSR count). The summed E-state index contributed by atoms with van der Waals surface area (Å²) in [5.41, 5.74) is 0.818. The normalized spacial score (nSPS) is 17.9. The fraction of sp³-hybridized carbons (Fsp3) is 0.333. The Kier molecular flexibility index (Phi) is 6.08. The van der Waals surface area contributed by atoms with Crippen LogP contribution in [0.4, 0.5) is 0 Å². The van der Waals surface area contributed by atoms with Crippen LogP contribution in [0.5, 0.6) is 11.5 Å². The lowest BCUT2D eigenvalue weighted by Crippen LogP contribution is -2.39. The third-order valence-corrected chi connectivity index (χ3v) is 4.42. The number of likely N-dealkylation sites (tertiary alicyclic amines) is 1. The molecule has 0 spiro atoms. The zero-order chi connectivity index (χ0) is 19.2. The van der Waals surface area contributed by atoms with E-state index >= 15 is 0 Å². The number of rotatable bonds is 8. The van der Waals surface area contributed by atoms with Gasteiger partial charge in [0.1, 0.15) is 24.2 Å². The van der Waals surface area contributed by atoms with Gasteiger partial charge in [-0.2, -0.15) is 0 Å². The highest BCUT2D eigenvalue weighted by Gasteiger charge is 2.40. The van der Waals surface area contributed by atoms with Gasteiger partial charge < -0.3 is 14.6 Å². The molecule has 1 saturated heterocycles. The number of aliphatic hydroxyl groups excluding tert-OH is 1. The largest absolute Gasteiger partial charge is 0.494 e. The number of amides is 2. The van der Waals surface area contributed by atoms with E-state index in [4.69, 9.17) is 9.47 Å². The Morgan fingerprint density at radius 2 is 1.67 bits per heavy atom. The summed E-state index contributed by atoms with van der Waals surface area (Å²) in [6.07, 6.45) is -0.825. The molecule has 0 saturated carbocycles. The Morgan fingerprint density at radius 1 is 1.04 bits per heavy atom.